The molecule has 0 N–H and O–H groups in total. The lowest BCUT2D eigenvalue weighted by molar-refractivity contribution is 0.0757. The summed E-state index contributed by atoms with van der Waals surface area (Å²) in [5.41, 5.74) is 4.43. The van der Waals surface area contributed by atoms with Gasteiger partial charge < -0.3 is 4.90 Å². The first kappa shape index (κ1) is 19.1. The van der Waals surface area contributed by atoms with E-state index in [0.29, 0.717) is 5.56 Å². The summed E-state index contributed by atoms with van der Waals surface area (Å²) in [5, 5.41) is 5.33. The Hall–Kier alpha value is -2.69. The number of hydrogen-bond acceptors (Lipinski definition) is 3. The molecule has 0 aliphatic rings. The van der Waals surface area contributed by atoms with E-state index >= 15 is 0 Å². The monoisotopic (exact) mass is 364 g/mol. The van der Waals surface area contributed by atoms with Crippen LogP contribution in [-0.4, -0.2) is 38.7 Å². The number of rotatable bonds is 5. The molecule has 0 atom stereocenters. The van der Waals surface area contributed by atoms with Crippen LogP contribution in [0.25, 0.3) is 22.2 Å². The van der Waals surface area contributed by atoms with Gasteiger partial charge in [0.1, 0.15) is 0 Å². The molecule has 5 heteroatoms. The van der Waals surface area contributed by atoms with Crippen molar-refractivity contribution < 1.29 is 4.79 Å². The van der Waals surface area contributed by atoms with E-state index in [-0.39, 0.29) is 18.0 Å². The first-order valence-electron chi connectivity index (χ1n) is 9.57. The van der Waals surface area contributed by atoms with Crippen LogP contribution in [0.2, 0.25) is 0 Å². The molecule has 0 saturated carbocycles. The zero-order chi connectivity index (χ0) is 19.7. The van der Waals surface area contributed by atoms with Crippen molar-refractivity contribution in [1.29, 1.82) is 0 Å². The number of hydrogen-bond donors (Lipinski definition) is 0. The summed E-state index contributed by atoms with van der Waals surface area (Å²) in [4.78, 5) is 19.8. The van der Waals surface area contributed by atoms with Gasteiger partial charge >= 0.3 is 0 Å². The summed E-state index contributed by atoms with van der Waals surface area (Å²) in [6.45, 7) is 10.3. The summed E-state index contributed by atoms with van der Waals surface area (Å²) in [6.07, 6.45) is 4.72. The molecule has 0 saturated heterocycles. The zero-order valence-corrected chi connectivity index (χ0v) is 17.0. The molecule has 0 aliphatic heterocycles. The Bertz CT molecular complexity index is 972. The fraction of sp³-hybridized carbons (Fsp3) is 0.409. The van der Waals surface area contributed by atoms with Gasteiger partial charge in [0.15, 0.2) is 0 Å². The van der Waals surface area contributed by atoms with Crippen LogP contribution in [0, 0.1) is 0 Å². The molecule has 0 aliphatic carbocycles. The minimum absolute atomic E-state index is 0.0168. The molecule has 27 heavy (non-hydrogen) atoms. The van der Waals surface area contributed by atoms with Gasteiger partial charge in [-0.05, 0) is 57.9 Å². The molecule has 2 aromatic heterocycles. The van der Waals surface area contributed by atoms with Crippen molar-refractivity contribution in [3.05, 3.63) is 47.8 Å². The van der Waals surface area contributed by atoms with Gasteiger partial charge in [-0.25, -0.2) is 4.98 Å². The molecule has 3 rings (SSSR count). The van der Waals surface area contributed by atoms with E-state index in [1.807, 2.05) is 50.1 Å². The highest BCUT2D eigenvalue weighted by atomic mass is 16.2. The van der Waals surface area contributed by atoms with E-state index in [4.69, 9.17) is 4.98 Å². The maximum Gasteiger partial charge on any atom is 0.254 e. The summed E-state index contributed by atoms with van der Waals surface area (Å²) in [6, 6.07) is 8.49. The van der Waals surface area contributed by atoms with E-state index in [1.54, 1.807) is 4.90 Å². The quantitative estimate of drug-likeness (QED) is 0.658. The topological polar surface area (TPSA) is 51.0 Å². The second-order valence-corrected chi connectivity index (χ2v) is 7.57. The zero-order valence-electron chi connectivity index (χ0n) is 17.0. The summed E-state index contributed by atoms with van der Waals surface area (Å²) in [5.74, 6) is 0.0168. The standard InChI is InChI=1S/C22H28N4O/c1-7-16-8-9-20-18(10-16)19(22(27)25(6)14(2)3)11-21(24-20)17-12-23-26(13-17)15(4)5/h8-15H,7H2,1-6H3. The number of fused-ring (bicyclic) bond motifs is 1. The van der Waals surface area contributed by atoms with Gasteiger partial charge in [-0.1, -0.05) is 13.0 Å². The normalized spacial score (nSPS) is 11.6. The maximum absolute atomic E-state index is 13.2. The molecule has 0 unspecified atom stereocenters. The SMILES string of the molecule is CCc1ccc2nc(-c3cnn(C(C)C)c3)cc(C(=O)N(C)C(C)C)c2c1. The predicted octanol–water partition coefficient (Wildman–Crippen LogP) is 4.72. The summed E-state index contributed by atoms with van der Waals surface area (Å²) < 4.78 is 1.91. The van der Waals surface area contributed by atoms with Gasteiger partial charge in [0.05, 0.1) is 23.0 Å². The van der Waals surface area contributed by atoms with Gasteiger partial charge in [0.25, 0.3) is 5.91 Å². The minimum atomic E-state index is 0.0168. The van der Waals surface area contributed by atoms with Crippen LogP contribution in [0.5, 0.6) is 0 Å². The molecule has 5 nitrogen and oxygen atoms in total. The second kappa shape index (κ2) is 7.51. The number of benzene rings is 1. The van der Waals surface area contributed by atoms with E-state index < -0.39 is 0 Å². The van der Waals surface area contributed by atoms with Crippen LogP contribution in [0.4, 0.5) is 0 Å². The van der Waals surface area contributed by atoms with Crippen LogP contribution >= 0.6 is 0 Å². The fourth-order valence-electron chi connectivity index (χ4n) is 2.99. The molecular weight excluding hydrogens is 336 g/mol. The van der Waals surface area contributed by atoms with Crippen molar-refractivity contribution in [3.63, 3.8) is 0 Å². The average Bonchev–Trinajstić information content (AvgIpc) is 3.16. The molecule has 1 aromatic carbocycles. The molecule has 2 heterocycles. The second-order valence-electron chi connectivity index (χ2n) is 7.57. The van der Waals surface area contributed by atoms with E-state index in [0.717, 1.165) is 28.6 Å². The Morgan fingerprint density at radius 1 is 1.19 bits per heavy atom. The number of aromatic nitrogens is 3. The largest absolute Gasteiger partial charge is 0.339 e. The first-order valence-corrected chi connectivity index (χ1v) is 9.57. The third-order valence-corrected chi connectivity index (χ3v) is 5.03. The summed E-state index contributed by atoms with van der Waals surface area (Å²) in [7, 11) is 1.85. The average molecular weight is 364 g/mol. The Kier molecular flexibility index (Phi) is 5.31. The molecule has 1 amide bonds. The van der Waals surface area contributed by atoms with Gasteiger partial charge in [0, 0.05) is 36.3 Å². The number of carbonyl (C=O) groups is 1. The number of nitrogens with zero attached hydrogens (tertiary/aromatic N) is 4. The Balaban J connectivity index is 2.20. The fourth-order valence-corrected chi connectivity index (χ4v) is 2.99. The highest BCUT2D eigenvalue weighted by Crippen LogP contribution is 2.27. The van der Waals surface area contributed by atoms with Crippen LogP contribution in [0.1, 0.15) is 56.6 Å². The van der Waals surface area contributed by atoms with E-state index in [1.165, 1.54) is 5.56 Å². The predicted molar refractivity (Wildman–Crippen MR) is 110 cm³/mol. The van der Waals surface area contributed by atoms with E-state index in [9.17, 15) is 4.79 Å². The minimum Gasteiger partial charge on any atom is -0.339 e. The summed E-state index contributed by atoms with van der Waals surface area (Å²) >= 11 is 0. The molecule has 0 radical (unpaired) electrons. The van der Waals surface area contributed by atoms with Crippen LogP contribution in [0.3, 0.4) is 0 Å². The van der Waals surface area contributed by atoms with Gasteiger partial charge in [-0.3, -0.25) is 9.48 Å². The number of pyridine rings is 1. The van der Waals surface area contributed by atoms with Crippen molar-refractivity contribution in [2.45, 2.75) is 53.1 Å². The first-order chi connectivity index (χ1) is 12.8. The molecule has 0 spiro atoms. The van der Waals surface area contributed by atoms with Crippen LogP contribution in [0.15, 0.2) is 36.7 Å². The maximum atomic E-state index is 13.2. The lowest BCUT2D eigenvalue weighted by atomic mass is 10.0. The van der Waals surface area contributed by atoms with Gasteiger partial charge in [-0.2, -0.15) is 5.10 Å². The van der Waals surface area contributed by atoms with Crippen molar-refractivity contribution in [1.82, 2.24) is 19.7 Å². The third kappa shape index (κ3) is 3.72. The smallest absolute Gasteiger partial charge is 0.254 e. The lowest BCUT2D eigenvalue weighted by Crippen LogP contribution is -2.33. The number of amides is 1. The highest BCUT2D eigenvalue weighted by Gasteiger charge is 2.20. The van der Waals surface area contributed by atoms with Crippen LogP contribution in [-0.2, 0) is 6.42 Å². The van der Waals surface area contributed by atoms with Crippen LogP contribution < -0.4 is 0 Å². The van der Waals surface area contributed by atoms with E-state index in [2.05, 4.69) is 38.0 Å². The van der Waals surface area contributed by atoms with Gasteiger partial charge in [-0.15, -0.1) is 0 Å². The number of carbonyl (C=O) groups excluding carboxylic acids is 1. The number of aryl methyl sites for hydroxylation is 1. The van der Waals surface area contributed by atoms with Gasteiger partial charge in [0.2, 0.25) is 0 Å². The van der Waals surface area contributed by atoms with Crippen molar-refractivity contribution in [2.24, 2.45) is 0 Å². The van der Waals surface area contributed by atoms with Crippen molar-refractivity contribution >= 4 is 16.8 Å². The Morgan fingerprint density at radius 3 is 2.52 bits per heavy atom. The Labute approximate surface area is 161 Å². The molecule has 3 aromatic rings. The van der Waals surface area contributed by atoms with Crippen molar-refractivity contribution in [2.75, 3.05) is 7.05 Å². The molecular formula is C22H28N4O. The molecule has 142 valence electrons. The highest BCUT2D eigenvalue weighted by molar-refractivity contribution is 6.07. The molecule has 0 bridgehead atoms. The van der Waals surface area contributed by atoms with Crippen molar-refractivity contribution in [3.8, 4) is 11.3 Å². The lowest BCUT2D eigenvalue weighted by Gasteiger charge is -2.22. The molecule has 0 fully saturated rings. The Morgan fingerprint density at radius 2 is 1.93 bits per heavy atom. The third-order valence-electron chi connectivity index (χ3n) is 5.03.